The number of carbonyl (C=O) groups excluding carboxylic acids is 2. The van der Waals surface area contributed by atoms with Gasteiger partial charge in [-0.05, 0) is 45.0 Å². The van der Waals surface area contributed by atoms with E-state index in [4.69, 9.17) is 9.47 Å². The Morgan fingerprint density at radius 3 is 2.50 bits per heavy atom. The van der Waals surface area contributed by atoms with Crippen LogP contribution < -0.4 is 4.74 Å². The summed E-state index contributed by atoms with van der Waals surface area (Å²) >= 11 is 0. The number of nitrogens with zero attached hydrogens (tertiary/aromatic N) is 2. The van der Waals surface area contributed by atoms with Crippen LogP contribution in [0.15, 0.2) is 46.2 Å². The van der Waals surface area contributed by atoms with E-state index in [0.717, 1.165) is 4.90 Å². The van der Waals surface area contributed by atoms with Crippen molar-refractivity contribution in [3.05, 3.63) is 52.1 Å². The Bertz CT molecular complexity index is 1160. The van der Waals surface area contributed by atoms with Crippen molar-refractivity contribution in [2.75, 3.05) is 0 Å². The lowest BCUT2D eigenvalue weighted by atomic mass is 10.0. The van der Waals surface area contributed by atoms with Crippen molar-refractivity contribution >= 4 is 28.5 Å². The molecule has 32 heavy (non-hydrogen) atoms. The molecule has 0 radical (unpaired) electrons. The molecule has 1 fully saturated rings. The van der Waals surface area contributed by atoms with Gasteiger partial charge in [0.25, 0.3) is 5.69 Å². The summed E-state index contributed by atoms with van der Waals surface area (Å²) < 4.78 is 24.6. The number of non-ortho nitro benzene ring substituents is 1. The van der Waals surface area contributed by atoms with Crippen LogP contribution in [0.2, 0.25) is 0 Å². The molecule has 11 heteroatoms. The van der Waals surface area contributed by atoms with Crippen molar-refractivity contribution < 1.29 is 33.3 Å². The van der Waals surface area contributed by atoms with Gasteiger partial charge in [0.15, 0.2) is 0 Å². The van der Waals surface area contributed by atoms with Crippen molar-refractivity contribution in [1.29, 1.82) is 0 Å². The van der Waals surface area contributed by atoms with Crippen molar-refractivity contribution in [2.24, 2.45) is 0 Å². The smallest absolute Gasteiger partial charge is 0.417 e. The summed E-state index contributed by atoms with van der Waals surface area (Å²) in [6, 6.07) is 6.95. The van der Waals surface area contributed by atoms with Crippen LogP contribution in [0, 0.1) is 10.1 Å². The van der Waals surface area contributed by atoms with E-state index in [9.17, 15) is 29.0 Å². The van der Waals surface area contributed by atoms with Gasteiger partial charge < -0.3 is 14.6 Å². The monoisotopic (exact) mass is 460 g/mol. The van der Waals surface area contributed by atoms with E-state index in [1.165, 1.54) is 36.4 Å². The normalized spacial score (nSPS) is 20.3. The summed E-state index contributed by atoms with van der Waals surface area (Å²) in [5, 5.41) is 21.5. The molecule has 0 saturated carbocycles. The predicted octanol–water partition coefficient (Wildman–Crippen LogP) is 3.44. The number of likely N-dealkylation sites (tertiary alicyclic amines) is 1. The average Bonchev–Trinajstić information content (AvgIpc) is 3.20. The molecule has 2 aliphatic rings. The van der Waals surface area contributed by atoms with Crippen molar-refractivity contribution in [3.63, 3.8) is 0 Å². The zero-order chi connectivity index (χ0) is 23.4. The fourth-order valence-electron chi connectivity index (χ4n) is 3.77. The van der Waals surface area contributed by atoms with E-state index in [2.05, 4.69) is 0 Å². The van der Waals surface area contributed by atoms with Crippen LogP contribution in [0.5, 0.6) is 11.5 Å². The molecule has 0 bridgehead atoms. The Hall–Kier alpha value is -3.47. The first-order valence-corrected chi connectivity index (χ1v) is 10.9. The molecule has 1 N–H and O–H groups in total. The van der Waals surface area contributed by atoms with E-state index < -0.39 is 45.5 Å². The summed E-state index contributed by atoms with van der Waals surface area (Å²) in [6.45, 7) is 5.01. The molecule has 10 nitrogen and oxygen atoms in total. The molecule has 0 aromatic heterocycles. The maximum absolute atomic E-state index is 13.4. The molecule has 0 spiro atoms. The van der Waals surface area contributed by atoms with Crippen LogP contribution in [0.4, 0.5) is 10.5 Å². The second kappa shape index (κ2) is 7.59. The Balaban J connectivity index is 1.78. The molecule has 2 heterocycles. The third-order valence-corrected chi connectivity index (χ3v) is 6.52. The molecular weight excluding hydrogens is 440 g/mol. The SMILES string of the molecule is CC(C)(C)OC(=O)N1C(=O)C[C@@H]2Oc3ccc(O)c(S(=O)c4ccc([N+](=O)[O-])cc4)c3[C@@H]21. The highest BCUT2D eigenvalue weighted by atomic mass is 32.2. The molecule has 2 aromatic rings. The number of hydrogen-bond donors (Lipinski definition) is 1. The molecule has 0 aliphatic carbocycles. The van der Waals surface area contributed by atoms with Gasteiger partial charge in [-0.1, -0.05) is 0 Å². The minimum absolute atomic E-state index is 0.0212. The van der Waals surface area contributed by atoms with Crippen LogP contribution >= 0.6 is 0 Å². The number of aromatic hydroxyl groups is 1. The highest BCUT2D eigenvalue weighted by Gasteiger charge is 2.53. The van der Waals surface area contributed by atoms with Gasteiger partial charge in [-0.15, -0.1) is 0 Å². The number of amides is 2. The number of rotatable bonds is 3. The number of phenolic OH excluding ortho intramolecular Hbond substituents is 1. The first kappa shape index (κ1) is 21.8. The molecule has 2 aromatic carbocycles. The lowest BCUT2D eigenvalue weighted by Gasteiger charge is -2.27. The van der Waals surface area contributed by atoms with Gasteiger partial charge in [-0.2, -0.15) is 0 Å². The second-order valence-electron chi connectivity index (χ2n) is 8.39. The number of fused-ring (bicyclic) bond motifs is 3. The Kier molecular flexibility index (Phi) is 5.16. The van der Waals surface area contributed by atoms with Crippen LogP contribution in [0.25, 0.3) is 0 Å². The summed E-state index contributed by atoms with van der Waals surface area (Å²) in [4.78, 5) is 36.8. The summed E-state index contributed by atoms with van der Waals surface area (Å²) in [7, 11) is -1.97. The molecule has 168 valence electrons. The van der Waals surface area contributed by atoms with Crippen LogP contribution in [0.1, 0.15) is 38.8 Å². The van der Waals surface area contributed by atoms with Crippen molar-refractivity contribution in [3.8, 4) is 11.5 Å². The van der Waals surface area contributed by atoms with E-state index >= 15 is 0 Å². The molecule has 3 atom stereocenters. The van der Waals surface area contributed by atoms with Gasteiger partial charge in [-0.3, -0.25) is 14.9 Å². The average molecular weight is 460 g/mol. The lowest BCUT2D eigenvalue weighted by Crippen LogP contribution is -2.39. The number of phenols is 1. The number of nitro groups is 1. The molecule has 1 unspecified atom stereocenters. The first-order valence-electron chi connectivity index (χ1n) is 9.71. The topological polar surface area (TPSA) is 136 Å². The number of benzene rings is 2. The number of carbonyl (C=O) groups is 2. The van der Waals surface area contributed by atoms with Crippen LogP contribution in [-0.4, -0.2) is 42.8 Å². The van der Waals surface area contributed by atoms with Crippen molar-refractivity contribution in [2.45, 2.75) is 54.7 Å². The molecule has 2 aliphatic heterocycles. The molecule has 1 saturated heterocycles. The minimum Gasteiger partial charge on any atom is -0.507 e. The summed E-state index contributed by atoms with van der Waals surface area (Å²) in [5.41, 5.74) is -0.765. The zero-order valence-electron chi connectivity index (χ0n) is 17.4. The third kappa shape index (κ3) is 3.68. The Morgan fingerprint density at radius 1 is 1.25 bits per heavy atom. The first-order chi connectivity index (χ1) is 15.0. The molecule has 4 rings (SSSR count). The predicted molar refractivity (Wildman–Crippen MR) is 111 cm³/mol. The van der Waals surface area contributed by atoms with Crippen LogP contribution in [-0.2, 0) is 20.3 Å². The largest absolute Gasteiger partial charge is 0.507 e. The maximum Gasteiger partial charge on any atom is 0.417 e. The summed E-state index contributed by atoms with van der Waals surface area (Å²) in [5.74, 6) is -0.521. The number of imide groups is 1. The van der Waals surface area contributed by atoms with E-state index in [-0.39, 0.29) is 33.2 Å². The molecule has 2 amide bonds. The van der Waals surface area contributed by atoms with Gasteiger partial charge in [0, 0.05) is 22.6 Å². The van der Waals surface area contributed by atoms with Gasteiger partial charge in [0.05, 0.1) is 27.0 Å². The Morgan fingerprint density at radius 2 is 1.91 bits per heavy atom. The highest BCUT2D eigenvalue weighted by molar-refractivity contribution is 7.85. The lowest BCUT2D eigenvalue weighted by molar-refractivity contribution is -0.384. The van der Waals surface area contributed by atoms with E-state index in [0.29, 0.717) is 5.75 Å². The van der Waals surface area contributed by atoms with Gasteiger partial charge in [0.2, 0.25) is 5.91 Å². The number of ether oxygens (including phenoxy) is 2. The van der Waals surface area contributed by atoms with E-state index in [1.807, 2.05) is 0 Å². The number of nitro benzene ring substituents is 1. The number of hydrogen-bond acceptors (Lipinski definition) is 8. The van der Waals surface area contributed by atoms with Crippen molar-refractivity contribution in [1.82, 2.24) is 4.90 Å². The highest BCUT2D eigenvalue weighted by Crippen LogP contribution is 2.51. The standard InChI is InChI=1S/C21H20N2O8S/c1-21(2,3)31-20(26)22-16(25)10-15-18(22)17-14(30-15)9-8-13(24)19(17)32(29)12-6-4-11(5-7-12)23(27)28/h4-9,15,18,24H,10H2,1-3H3/t15-,18+,32?/m0/s1. The fraction of sp³-hybridized carbons (Fsp3) is 0.333. The van der Waals surface area contributed by atoms with Gasteiger partial charge in [0.1, 0.15) is 29.2 Å². The van der Waals surface area contributed by atoms with Crippen LogP contribution in [0.3, 0.4) is 0 Å². The quantitative estimate of drug-likeness (QED) is 0.543. The summed E-state index contributed by atoms with van der Waals surface area (Å²) in [6.07, 6.45) is -1.65. The van der Waals surface area contributed by atoms with Gasteiger partial charge >= 0.3 is 6.09 Å². The van der Waals surface area contributed by atoms with E-state index in [1.54, 1.807) is 20.8 Å². The fourth-order valence-corrected chi connectivity index (χ4v) is 5.07. The minimum atomic E-state index is -1.97. The maximum atomic E-state index is 13.4. The van der Waals surface area contributed by atoms with Gasteiger partial charge in [-0.25, -0.2) is 13.9 Å². The zero-order valence-corrected chi connectivity index (χ0v) is 18.3. The molecular formula is C21H20N2O8S. The third-order valence-electron chi connectivity index (χ3n) is 5.02. The second-order valence-corrected chi connectivity index (χ2v) is 9.81. The Labute approximate surface area is 185 Å².